The molecule has 10 heteroatoms. The number of aryl methyl sites for hydroxylation is 1. The number of hydrogen-bond acceptors (Lipinski definition) is 4. The second-order valence-electron chi connectivity index (χ2n) is 7.80. The van der Waals surface area contributed by atoms with Crippen molar-refractivity contribution in [1.29, 1.82) is 0 Å². The van der Waals surface area contributed by atoms with Crippen molar-refractivity contribution in [3.05, 3.63) is 92.9 Å². The Bertz CT molecular complexity index is 1250. The van der Waals surface area contributed by atoms with Gasteiger partial charge in [0.1, 0.15) is 6.54 Å². The summed E-state index contributed by atoms with van der Waals surface area (Å²) in [4.78, 5) is 12.8. The maximum atomic E-state index is 13.4. The van der Waals surface area contributed by atoms with Gasteiger partial charge < -0.3 is 5.32 Å². The number of amides is 1. The molecule has 5 nitrogen and oxygen atoms in total. The number of rotatable bonds is 11. The molecule has 0 saturated carbocycles. The number of nitrogens with one attached hydrogen (secondary N) is 1. The molecule has 0 fully saturated rings. The van der Waals surface area contributed by atoms with Crippen LogP contribution in [-0.4, -0.2) is 33.2 Å². The molecule has 0 aliphatic heterocycles. The van der Waals surface area contributed by atoms with E-state index in [9.17, 15) is 13.2 Å². The fourth-order valence-electron chi connectivity index (χ4n) is 3.22. The first-order valence-electron chi connectivity index (χ1n) is 10.8. The zero-order chi connectivity index (χ0) is 25.4. The molecule has 3 aromatic rings. The lowest BCUT2D eigenvalue weighted by Crippen LogP contribution is -2.41. The van der Waals surface area contributed by atoms with Crippen LogP contribution in [0.1, 0.15) is 17.5 Å². The molecule has 35 heavy (non-hydrogen) atoms. The van der Waals surface area contributed by atoms with E-state index in [0.717, 1.165) is 38.4 Å². The van der Waals surface area contributed by atoms with Gasteiger partial charge in [-0.25, -0.2) is 8.42 Å². The fraction of sp³-hybridized carbons (Fsp3) is 0.240. The fourth-order valence-corrected chi connectivity index (χ4v) is 6.39. The van der Waals surface area contributed by atoms with Gasteiger partial charge in [-0.3, -0.25) is 9.10 Å². The van der Waals surface area contributed by atoms with Gasteiger partial charge in [0, 0.05) is 27.4 Å². The van der Waals surface area contributed by atoms with Crippen LogP contribution < -0.4 is 9.62 Å². The molecule has 0 aromatic heterocycles. The van der Waals surface area contributed by atoms with Crippen LogP contribution in [0, 0.1) is 6.92 Å². The number of sulfonamides is 1. The SMILES string of the molecule is Cc1ccc(S(=O)(=O)N(CC(=O)NCCCSCc2ccccc2Cl)c2cc(Cl)cc(Cl)c2)cc1. The standard InChI is InChI=1S/C25H25Cl3N2O3S2/c1-18-7-9-23(10-8-18)35(32,33)30(22-14-20(26)13-21(27)15-22)16-25(31)29-11-4-12-34-17-19-5-2-3-6-24(19)28/h2-3,5-10,13-15H,4,11-12,16-17H2,1H3,(H,29,31). The van der Waals surface area contributed by atoms with Crippen molar-refractivity contribution >= 4 is 68.2 Å². The average molecular weight is 572 g/mol. The van der Waals surface area contributed by atoms with Gasteiger partial charge in [0.05, 0.1) is 10.6 Å². The molecule has 0 saturated heterocycles. The summed E-state index contributed by atoms with van der Waals surface area (Å²) in [5.41, 5.74) is 2.21. The molecule has 3 rings (SSSR count). The van der Waals surface area contributed by atoms with Crippen LogP contribution in [0.25, 0.3) is 0 Å². The highest BCUT2D eigenvalue weighted by atomic mass is 35.5. The summed E-state index contributed by atoms with van der Waals surface area (Å²) >= 11 is 20.1. The van der Waals surface area contributed by atoms with Gasteiger partial charge in [-0.05, 0) is 61.1 Å². The maximum absolute atomic E-state index is 13.4. The van der Waals surface area contributed by atoms with E-state index in [4.69, 9.17) is 34.8 Å². The molecule has 186 valence electrons. The minimum Gasteiger partial charge on any atom is -0.354 e. The maximum Gasteiger partial charge on any atom is 0.264 e. The first-order valence-corrected chi connectivity index (χ1v) is 14.5. The van der Waals surface area contributed by atoms with Gasteiger partial charge in [-0.15, -0.1) is 0 Å². The topological polar surface area (TPSA) is 66.5 Å². The van der Waals surface area contributed by atoms with E-state index in [0.29, 0.717) is 6.54 Å². The van der Waals surface area contributed by atoms with Gasteiger partial charge in [0.2, 0.25) is 5.91 Å². The summed E-state index contributed by atoms with van der Waals surface area (Å²) in [6.45, 7) is 1.88. The molecule has 0 atom stereocenters. The van der Waals surface area contributed by atoms with Gasteiger partial charge >= 0.3 is 0 Å². The Labute approximate surface area is 225 Å². The van der Waals surface area contributed by atoms with Crippen LogP contribution in [0.4, 0.5) is 5.69 Å². The van der Waals surface area contributed by atoms with Crippen molar-refractivity contribution in [3.63, 3.8) is 0 Å². The Morgan fingerprint density at radius 3 is 2.29 bits per heavy atom. The third-order valence-electron chi connectivity index (χ3n) is 5.03. The van der Waals surface area contributed by atoms with E-state index < -0.39 is 22.5 Å². The highest BCUT2D eigenvalue weighted by molar-refractivity contribution is 7.98. The Hall–Kier alpha value is -1.90. The number of carbonyl (C=O) groups excluding carboxylic acids is 1. The van der Waals surface area contributed by atoms with Crippen molar-refractivity contribution in [1.82, 2.24) is 5.32 Å². The lowest BCUT2D eigenvalue weighted by Gasteiger charge is -2.24. The van der Waals surface area contributed by atoms with Crippen LogP contribution in [0.5, 0.6) is 0 Å². The number of anilines is 1. The van der Waals surface area contributed by atoms with Gasteiger partial charge in [-0.1, -0.05) is 70.7 Å². The highest BCUT2D eigenvalue weighted by Gasteiger charge is 2.27. The third kappa shape index (κ3) is 8.05. The Morgan fingerprint density at radius 2 is 1.63 bits per heavy atom. The molecule has 1 amide bonds. The van der Waals surface area contributed by atoms with Gasteiger partial charge in [0.25, 0.3) is 10.0 Å². The molecule has 0 spiro atoms. The lowest BCUT2D eigenvalue weighted by atomic mass is 10.2. The predicted octanol–water partition coefficient (Wildman–Crippen LogP) is 6.59. The summed E-state index contributed by atoms with van der Waals surface area (Å²) in [7, 11) is -4.03. The minimum absolute atomic E-state index is 0.0722. The molecule has 0 radical (unpaired) electrons. The number of carbonyl (C=O) groups is 1. The normalized spacial score (nSPS) is 11.3. The summed E-state index contributed by atoms with van der Waals surface area (Å²) in [6.07, 6.45) is 0.731. The van der Waals surface area contributed by atoms with Crippen molar-refractivity contribution < 1.29 is 13.2 Å². The number of hydrogen-bond donors (Lipinski definition) is 1. The molecular formula is C25H25Cl3N2O3S2. The molecular weight excluding hydrogens is 547 g/mol. The molecule has 0 aliphatic rings. The summed E-state index contributed by atoms with van der Waals surface area (Å²) < 4.78 is 27.9. The molecule has 3 aromatic carbocycles. The minimum atomic E-state index is -4.03. The Kier molecular flexibility index (Phi) is 10.2. The summed E-state index contributed by atoms with van der Waals surface area (Å²) in [5.74, 6) is 1.18. The second-order valence-corrected chi connectivity index (χ2v) is 12.0. The molecule has 1 N–H and O–H groups in total. The highest BCUT2D eigenvalue weighted by Crippen LogP contribution is 2.29. The van der Waals surface area contributed by atoms with Crippen LogP contribution in [0.15, 0.2) is 71.6 Å². The van der Waals surface area contributed by atoms with Crippen LogP contribution in [-0.2, 0) is 20.6 Å². The monoisotopic (exact) mass is 570 g/mol. The summed E-state index contributed by atoms with van der Waals surface area (Å²) in [5, 5.41) is 4.09. The van der Waals surface area contributed by atoms with E-state index in [-0.39, 0.29) is 20.6 Å². The van der Waals surface area contributed by atoms with E-state index in [1.165, 1.54) is 30.3 Å². The lowest BCUT2D eigenvalue weighted by molar-refractivity contribution is -0.119. The van der Waals surface area contributed by atoms with Crippen LogP contribution in [0.2, 0.25) is 15.1 Å². The first-order chi connectivity index (χ1) is 16.7. The van der Waals surface area contributed by atoms with Crippen molar-refractivity contribution in [2.75, 3.05) is 23.1 Å². The van der Waals surface area contributed by atoms with Crippen LogP contribution >= 0.6 is 46.6 Å². The molecule has 0 aliphatic carbocycles. The zero-order valence-corrected chi connectivity index (χ0v) is 22.9. The largest absolute Gasteiger partial charge is 0.354 e. The summed E-state index contributed by atoms with van der Waals surface area (Å²) in [6, 6.07) is 18.6. The van der Waals surface area contributed by atoms with Crippen LogP contribution in [0.3, 0.4) is 0 Å². The van der Waals surface area contributed by atoms with Gasteiger partial charge in [0.15, 0.2) is 0 Å². The van der Waals surface area contributed by atoms with Crippen molar-refractivity contribution in [3.8, 4) is 0 Å². The number of nitrogens with zero attached hydrogens (tertiary/aromatic N) is 1. The van der Waals surface area contributed by atoms with E-state index in [1.54, 1.807) is 23.9 Å². The first kappa shape index (κ1) is 27.7. The quantitative estimate of drug-likeness (QED) is 0.264. The number of halogens is 3. The van der Waals surface area contributed by atoms with E-state index in [2.05, 4.69) is 5.32 Å². The van der Waals surface area contributed by atoms with Crippen molar-refractivity contribution in [2.24, 2.45) is 0 Å². The molecule has 0 heterocycles. The van der Waals surface area contributed by atoms with E-state index >= 15 is 0 Å². The third-order valence-corrected chi connectivity index (χ3v) is 8.72. The Morgan fingerprint density at radius 1 is 0.971 bits per heavy atom. The molecule has 0 unspecified atom stereocenters. The zero-order valence-electron chi connectivity index (χ0n) is 19.0. The Balaban J connectivity index is 1.63. The van der Waals surface area contributed by atoms with E-state index in [1.807, 2.05) is 31.2 Å². The predicted molar refractivity (Wildman–Crippen MR) is 147 cm³/mol. The van der Waals surface area contributed by atoms with Crippen molar-refractivity contribution in [2.45, 2.75) is 24.0 Å². The van der Waals surface area contributed by atoms with Gasteiger partial charge in [-0.2, -0.15) is 11.8 Å². The average Bonchev–Trinajstić information content (AvgIpc) is 2.80. The molecule has 0 bridgehead atoms. The smallest absolute Gasteiger partial charge is 0.264 e. The number of thioether (sulfide) groups is 1. The second kappa shape index (κ2) is 12.9. The number of benzene rings is 3.